The molecule has 212 valence electrons. The van der Waals surface area contributed by atoms with Gasteiger partial charge in [-0.15, -0.1) is 0 Å². The first-order valence-corrected chi connectivity index (χ1v) is 14.7. The second-order valence-corrected chi connectivity index (χ2v) is 14.1. The highest BCUT2D eigenvalue weighted by Gasteiger charge is 2.35. The molecule has 37 heavy (non-hydrogen) atoms. The fourth-order valence-electron chi connectivity index (χ4n) is 4.03. The molecular weight excluding hydrogens is 492 g/mol. The highest BCUT2D eigenvalue weighted by Crippen LogP contribution is 2.18. The van der Waals surface area contributed by atoms with Crippen molar-refractivity contribution < 1.29 is 23.1 Å². The third kappa shape index (κ3) is 12.8. The maximum Gasteiger partial charge on any atom is 0.315 e. The van der Waals surface area contributed by atoms with Crippen LogP contribution in [-0.4, -0.2) is 71.8 Å². The standard InChI is InChI=1S/C27H48N4O5S/c1-19(2)15-16-21(29-25(34)30-26(3,4)5)24(33)22(17-20-13-11-10-12-14-20)28-23(32)18-31(27(6,7)8)37(9,35)36/h10-14,19,21-22,24,33H,15-18H2,1-9H3,(H,28,32)(H2,29,30,34)/t21?,22-,24-/m0/s1. The molecule has 0 saturated carbocycles. The van der Waals surface area contributed by atoms with Crippen LogP contribution in [0, 0.1) is 5.92 Å². The number of sulfonamides is 1. The number of nitrogens with zero attached hydrogens (tertiary/aromatic N) is 1. The summed E-state index contributed by atoms with van der Waals surface area (Å²) in [4.78, 5) is 25.8. The summed E-state index contributed by atoms with van der Waals surface area (Å²) < 4.78 is 25.8. The van der Waals surface area contributed by atoms with E-state index in [0.717, 1.165) is 22.5 Å². The SMILES string of the molecule is CC(C)CCC(NC(=O)NC(C)(C)C)[C@H](O)[C@H](Cc1ccccc1)NC(=O)CN(C(C)(C)C)S(C)(=O)=O. The first-order chi connectivity index (χ1) is 16.8. The predicted octanol–water partition coefficient (Wildman–Crippen LogP) is 3.04. The molecule has 1 aromatic carbocycles. The summed E-state index contributed by atoms with van der Waals surface area (Å²) in [5.74, 6) is -0.179. The largest absolute Gasteiger partial charge is 0.389 e. The van der Waals surface area contributed by atoms with Crippen LogP contribution in [0.4, 0.5) is 4.79 Å². The van der Waals surface area contributed by atoms with Crippen molar-refractivity contribution in [3.8, 4) is 0 Å². The molecule has 9 nitrogen and oxygen atoms in total. The van der Waals surface area contributed by atoms with E-state index in [0.29, 0.717) is 18.8 Å². The van der Waals surface area contributed by atoms with E-state index in [-0.39, 0.29) is 6.54 Å². The lowest BCUT2D eigenvalue weighted by molar-refractivity contribution is -0.123. The lowest BCUT2D eigenvalue weighted by Crippen LogP contribution is -2.59. The van der Waals surface area contributed by atoms with E-state index in [9.17, 15) is 23.1 Å². The van der Waals surface area contributed by atoms with Gasteiger partial charge in [0.25, 0.3) is 0 Å². The zero-order valence-electron chi connectivity index (χ0n) is 24.0. The molecule has 0 aromatic heterocycles. The number of urea groups is 1. The average Bonchev–Trinajstić information content (AvgIpc) is 2.71. The van der Waals surface area contributed by atoms with Crippen LogP contribution in [0.5, 0.6) is 0 Å². The Morgan fingerprint density at radius 1 is 0.946 bits per heavy atom. The van der Waals surface area contributed by atoms with E-state index in [2.05, 4.69) is 29.8 Å². The summed E-state index contributed by atoms with van der Waals surface area (Å²) in [6, 6.07) is 7.62. The number of aliphatic hydroxyl groups excluding tert-OH is 1. The highest BCUT2D eigenvalue weighted by molar-refractivity contribution is 7.88. The first kappa shape index (κ1) is 32.9. The number of hydrogen-bond donors (Lipinski definition) is 4. The molecule has 0 aliphatic rings. The van der Waals surface area contributed by atoms with Gasteiger partial charge in [0.2, 0.25) is 15.9 Å². The van der Waals surface area contributed by atoms with Crippen molar-refractivity contribution in [1.29, 1.82) is 0 Å². The number of hydrogen-bond acceptors (Lipinski definition) is 5. The van der Waals surface area contributed by atoms with Crippen LogP contribution in [0.15, 0.2) is 30.3 Å². The third-order valence-electron chi connectivity index (χ3n) is 5.77. The Bertz CT molecular complexity index is 969. The summed E-state index contributed by atoms with van der Waals surface area (Å²) in [5, 5.41) is 20.1. The van der Waals surface area contributed by atoms with E-state index in [1.54, 1.807) is 20.8 Å². The van der Waals surface area contributed by atoms with E-state index in [1.165, 1.54) is 0 Å². The third-order valence-corrected chi connectivity index (χ3v) is 7.24. The van der Waals surface area contributed by atoms with Gasteiger partial charge < -0.3 is 21.1 Å². The Morgan fingerprint density at radius 2 is 1.51 bits per heavy atom. The summed E-state index contributed by atoms with van der Waals surface area (Å²) >= 11 is 0. The minimum Gasteiger partial charge on any atom is -0.389 e. The van der Waals surface area contributed by atoms with Gasteiger partial charge in [0.05, 0.1) is 31.0 Å². The molecule has 0 saturated heterocycles. The molecule has 3 amide bonds. The van der Waals surface area contributed by atoms with Gasteiger partial charge in [0.15, 0.2) is 0 Å². The van der Waals surface area contributed by atoms with Gasteiger partial charge in [-0.05, 0) is 72.3 Å². The number of aliphatic hydroxyl groups is 1. The monoisotopic (exact) mass is 540 g/mol. The maximum atomic E-state index is 13.1. The molecule has 0 aliphatic heterocycles. The molecule has 1 rings (SSSR count). The normalized spacial score (nSPS) is 15.2. The maximum absolute atomic E-state index is 13.1. The smallest absolute Gasteiger partial charge is 0.315 e. The molecule has 3 atom stereocenters. The van der Waals surface area contributed by atoms with E-state index in [4.69, 9.17) is 0 Å². The lowest BCUT2D eigenvalue weighted by Gasteiger charge is -2.35. The fourth-order valence-corrected chi connectivity index (χ4v) is 5.37. The van der Waals surface area contributed by atoms with Gasteiger partial charge in [-0.3, -0.25) is 4.79 Å². The van der Waals surface area contributed by atoms with Crippen molar-refractivity contribution in [2.24, 2.45) is 5.92 Å². The summed E-state index contributed by atoms with van der Waals surface area (Å²) in [5.41, 5.74) is -0.369. The molecule has 0 spiro atoms. The van der Waals surface area contributed by atoms with E-state index < -0.39 is 51.2 Å². The van der Waals surface area contributed by atoms with Crippen molar-refractivity contribution in [3.63, 3.8) is 0 Å². The zero-order valence-corrected chi connectivity index (χ0v) is 24.8. The van der Waals surface area contributed by atoms with Gasteiger partial charge in [-0.1, -0.05) is 44.2 Å². The molecule has 0 heterocycles. The molecule has 0 aliphatic carbocycles. The molecule has 4 N–H and O–H groups in total. The van der Waals surface area contributed by atoms with Crippen molar-refractivity contribution in [2.75, 3.05) is 12.8 Å². The van der Waals surface area contributed by atoms with Gasteiger partial charge >= 0.3 is 6.03 Å². The van der Waals surface area contributed by atoms with Crippen LogP contribution in [0.1, 0.15) is 73.8 Å². The average molecular weight is 541 g/mol. The number of carbonyl (C=O) groups is 2. The molecule has 0 fully saturated rings. The highest BCUT2D eigenvalue weighted by atomic mass is 32.2. The summed E-state index contributed by atoms with van der Waals surface area (Å²) in [6.07, 6.45) is 1.53. The number of amides is 3. The number of nitrogens with one attached hydrogen (secondary N) is 3. The Morgan fingerprint density at radius 3 is 1.97 bits per heavy atom. The Balaban J connectivity index is 3.25. The minimum atomic E-state index is -3.66. The van der Waals surface area contributed by atoms with Gasteiger partial charge in [0.1, 0.15) is 0 Å². The van der Waals surface area contributed by atoms with Gasteiger partial charge in [0, 0.05) is 11.1 Å². The van der Waals surface area contributed by atoms with Crippen molar-refractivity contribution in [2.45, 2.75) is 104 Å². The minimum absolute atomic E-state index is 0.308. The molecule has 0 radical (unpaired) electrons. The second-order valence-electron chi connectivity index (χ2n) is 12.2. The van der Waals surface area contributed by atoms with E-state index >= 15 is 0 Å². The van der Waals surface area contributed by atoms with Crippen molar-refractivity contribution in [1.82, 2.24) is 20.3 Å². The van der Waals surface area contributed by atoms with Crippen molar-refractivity contribution >= 4 is 22.0 Å². The van der Waals surface area contributed by atoms with Gasteiger partial charge in [-0.2, -0.15) is 4.31 Å². The van der Waals surface area contributed by atoms with Crippen LogP contribution >= 0.6 is 0 Å². The van der Waals surface area contributed by atoms with Crippen LogP contribution in [0.3, 0.4) is 0 Å². The van der Waals surface area contributed by atoms with E-state index in [1.807, 2.05) is 51.1 Å². The fraction of sp³-hybridized carbons (Fsp3) is 0.704. The molecule has 0 bridgehead atoms. The summed E-state index contributed by atoms with van der Waals surface area (Å²) in [7, 11) is -3.66. The Hall–Kier alpha value is -2.17. The van der Waals surface area contributed by atoms with Gasteiger partial charge in [-0.25, -0.2) is 13.2 Å². The summed E-state index contributed by atoms with van der Waals surface area (Å²) in [6.45, 7) is 14.5. The van der Waals surface area contributed by atoms with Crippen LogP contribution in [-0.2, 0) is 21.2 Å². The van der Waals surface area contributed by atoms with Crippen LogP contribution in [0.2, 0.25) is 0 Å². The Kier molecular flexibility index (Phi) is 12.1. The number of carbonyl (C=O) groups excluding carboxylic acids is 2. The number of benzene rings is 1. The molecule has 10 heteroatoms. The lowest BCUT2D eigenvalue weighted by atomic mass is 9.92. The van der Waals surface area contributed by atoms with Crippen LogP contribution < -0.4 is 16.0 Å². The molecule has 1 aromatic rings. The zero-order chi connectivity index (χ0) is 28.6. The number of rotatable bonds is 12. The van der Waals surface area contributed by atoms with Crippen LogP contribution in [0.25, 0.3) is 0 Å². The second kappa shape index (κ2) is 13.6. The topological polar surface area (TPSA) is 128 Å². The molecule has 1 unspecified atom stereocenters. The van der Waals surface area contributed by atoms with Crippen molar-refractivity contribution in [3.05, 3.63) is 35.9 Å². The first-order valence-electron chi connectivity index (χ1n) is 12.9. The molecular formula is C27H48N4O5S. The predicted molar refractivity (Wildman–Crippen MR) is 149 cm³/mol. The Labute approximate surface area is 223 Å². The quantitative estimate of drug-likeness (QED) is 0.324.